The minimum Gasteiger partial charge on any atom is -0.480 e. The Kier molecular flexibility index (Phi) is 3.86. The molecule has 0 saturated carbocycles. The third-order valence-corrected chi connectivity index (χ3v) is 3.54. The molecular weight excluding hydrogens is 243 g/mol. The molecule has 0 spiro atoms. The molecule has 1 aromatic rings. The van der Waals surface area contributed by atoms with Crippen molar-refractivity contribution in [3.8, 4) is 0 Å². The maximum atomic E-state index is 12.8. The molecule has 0 radical (unpaired) electrons. The minimum atomic E-state index is -0.835. The van der Waals surface area contributed by atoms with Crippen LogP contribution in [-0.4, -0.2) is 35.0 Å². The van der Waals surface area contributed by atoms with Crippen molar-refractivity contribution in [2.45, 2.75) is 6.42 Å². The summed E-state index contributed by atoms with van der Waals surface area (Å²) in [7, 11) is 0. The first-order valence-corrected chi connectivity index (χ1v) is 6.06. The van der Waals surface area contributed by atoms with Crippen LogP contribution >= 0.6 is 12.1 Å². The largest absolute Gasteiger partial charge is 0.480 e. The number of anilines is 1. The third kappa shape index (κ3) is 3.34. The summed E-state index contributed by atoms with van der Waals surface area (Å²) in [5.74, 6) is -1.10. The fraction of sp³-hybridized carbons (Fsp3) is 0.364. The van der Waals surface area contributed by atoms with Gasteiger partial charge in [-0.2, -0.15) is 0 Å². The fourth-order valence-electron chi connectivity index (χ4n) is 1.65. The number of nitrogens with zero attached hydrogens (tertiary/aromatic N) is 2. The van der Waals surface area contributed by atoms with Gasteiger partial charge < -0.3 is 9.41 Å². The van der Waals surface area contributed by atoms with Crippen molar-refractivity contribution in [1.29, 1.82) is 0 Å². The summed E-state index contributed by atoms with van der Waals surface area (Å²) >= 11 is 1.38. The van der Waals surface area contributed by atoms with Crippen LogP contribution in [0.3, 0.4) is 0 Å². The maximum absolute atomic E-state index is 12.8. The molecule has 0 amide bonds. The molecule has 92 valence electrons. The lowest BCUT2D eigenvalue weighted by molar-refractivity contribution is -0.137. The smallest absolute Gasteiger partial charge is 0.318 e. The highest BCUT2D eigenvalue weighted by atomic mass is 32.2. The highest BCUT2D eigenvalue weighted by Gasteiger charge is 2.20. The Morgan fingerprint density at radius 1 is 1.35 bits per heavy atom. The zero-order valence-corrected chi connectivity index (χ0v) is 9.99. The van der Waals surface area contributed by atoms with Crippen molar-refractivity contribution in [1.82, 2.24) is 4.31 Å². The Morgan fingerprint density at radius 3 is 2.71 bits per heavy atom. The molecule has 4 nitrogen and oxygen atoms in total. The lowest BCUT2D eigenvalue weighted by Crippen LogP contribution is -2.36. The van der Waals surface area contributed by atoms with Crippen LogP contribution in [0, 0.1) is 5.82 Å². The molecule has 0 unspecified atom stereocenters. The van der Waals surface area contributed by atoms with Gasteiger partial charge in [0, 0.05) is 30.9 Å². The predicted octanol–water partition coefficient (Wildman–Crippen LogP) is 1.99. The molecule has 2 rings (SSSR count). The van der Waals surface area contributed by atoms with Crippen molar-refractivity contribution >= 4 is 23.8 Å². The lowest BCUT2D eigenvalue weighted by atomic mass is 10.3. The van der Waals surface area contributed by atoms with Gasteiger partial charge in [-0.05, 0) is 30.7 Å². The van der Waals surface area contributed by atoms with E-state index in [-0.39, 0.29) is 12.4 Å². The van der Waals surface area contributed by atoms with E-state index in [9.17, 15) is 9.18 Å². The lowest BCUT2D eigenvalue weighted by Gasteiger charge is -2.34. The van der Waals surface area contributed by atoms with Crippen LogP contribution in [0.4, 0.5) is 10.1 Å². The zero-order chi connectivity index (χ0) is 12.3. The first-order chi connectivity index (χ1) is 8.15. The molecule has 6 heteroatoms. The van der Waals surface area contributed by atoms with Crippen molar-refractivity contribution < 1.29 is 14.3 Å². The van der Waals surface area contributed by atoms with E-state index in [1.54, 1.807) is 16.4 Å². The normalized spacial score (nSPS) is 17.1. The molecule has 1 fully saturated rings. The second-order valence-corrected chi connectivity index (χ2v) is 4.89. The van der Waals surface area contributed by atoms with E-state index in [0.717, 1.165) is 25.2 Å². The Bertz CT molecular complexity index is 399. The van der Waals surface area contributed by atoms with Crippen LogP contribution in [-0.2, 0) is 4.79 Å². The molecule has 0 bridgehead atoms. The molecule has 1 aliphatic rings. The van der Waals surface area contributed by atoms with E-state index in [0.29, 0.717) is 0 Å². The van der Waals surface area contributed by atoms with Gasteiger partial charge in [-0.15, -0.1) is 0 Å². The molecule has 0 aliphatic carbocycles. The summed E-state index contributed by atoms with van der Waals surface area (Å²) in [6.07, 6.45) is 0.900. The average molecular weight is 256 g/mol. The highest BCUT2D eigenvalue weighted by molar-refractivity contribution is 7.98. The van der Waals surface area contributed by atoms with Gasteiger partial charge in [0.2, 0.25) is 0 Å². The second-order valence-electron chi connectivity index (χ2n) is 3.77. The summed E-state index contributed by atoms with van der Waals surface area (Å²) in [5.41, 5.74) is 0.895. The van der Waals surface area contributed by atoms with Crippen LogP contribution in [0.25, 0.3) is 0 Å². The summed E-state index contributed by atoms with van der Waals surface area (Å²) in [5, 5.41) is 8.74. The summed E-state index contributed by atoms with van der Waals surface area (Å²) in [4.78, 5) is 10.6. The maximum Gasteiger partial charge on any atom is 0.318 e. The van der Waals surface area contributed by atoms with Gasteiger partial charge >= 0.3 is 5.97 Å². The number of halogens is 1. The van der Waals surface area contributed by atoms with Gasteiger partial charge in [-0.3, -0.25) is 4.79 Å². The van der Waals surface area contributed by atoms with E-state index < -0.39 is 5.97 Å². The topological polar surface area (TPSA) is 43.8 Å². The summed E-state index contributed by atoms with van der Waals surface area (Å²) in [6, 6.07) is 6.22. The number of aliphatic carboxylic acids is 1. The Morgan fingerprint density at radius 2 is 2.06 bits per heavy atom. The number of carboxylic acid groups (broad SMARTS) is 1. The van der Waals surface area contributed by atoms with Gasteiger partial charge in [0.05, 0.1) is 0 Å². The van der Waals surface area contributed by atoms with Crippen LogP contribution < -0.4 is 4.31 Å². The Labute approximate surface area is 103 Å². The zero-order valence-electron chi connectivity index (χ0n) is 9.17. The Balaban J connectivity index is 2.01. The van der Waals surface area contributed by atoms with Gasteiger partial charge in [-0.1, -0.05) is 0 Å². The molecule has 0 atom stereocenters. The van der Waals surface area contributed by atoms with Gasteiger partial charge in [0.1, 0.15) is 12.4 Å². The van der Waals surface area contributed by atoms with Crippen LogP contribution in [0.5, 0.6) is 0 Å². The number of hydrogen-bond acceptors (Lipinski definition) is 4. The molecule has 1 aliphatic heterocycles. The number of benzene rings is 1. The quantitative estimate of drug-likeness (QED) is 0.838. The predicted molar refractivity (Wildman–Crippen MR) is 65.2 cm³/mol. The Hall–Kier alpha value is -1.27. The van der Waals surface area contributed by atoms with Crippen molar-refractivity contribution in [3.63, 3.8) is 0 Å². The number of rotatable bonds is 3. The standard InChI is InChI=1S/C11H13FN2O2S/c12-9-2-4-10(5-3-9)14-7-1-6-13(17-14)8-11(15)16/h2-5H,1,6-8H2,(H,15,16). The third-order valence-electron chi connectivity index (χ3n) is 2.41. The van der Waals surface area contributed by atoms with Gasteiger partial charge in [-0.25, -0.2) is 8.70 Å². The van der Waals surface area contributed by atoms with Crippen LogP contribution in [0.15, 0.2) is 24.3 Å². The fourth-order valence-corrected chi connectivity index (χ4v) is 2.74. The minimum absolute atomic E-state index is 0.0162. The molecule has 1 N–H and O–H groups in total. The van der Waals surface area contributed by atoms with Gasteiger partial charge in [0.15, 0.2) is 0 Å². The second kappa shape index (κ2) is 5.37. The summed E-state index contributed by atoms with van der Waals surface area (Å²) < 4.78 is 16.6. The monoisotopic (exact) mass is 256 g/mol. The molecule has 1 aromatic carbocycles. The van der Waals surface area contributed by atoms with E-state index in [1.165, 1.54) is 24.3 Å². The van der Waals surface area contributed by atoms with Gasteiger partial charge in [0.25, 0.3) is 0 Å². The molecule has 1 heterocycles. The molecule has 1 saturated heterocycles. The first-order valence-electron chi connectivity index (χ1n) is 5.33. The van der Waals surface area contributed by atoms with Crippen LogP contribution in [0.1, 0.15) is 6.42 Å². The molecule has 17 heavy (non-hydrogen) atoms. The van der Waals surface area contributed by atoms with Crippen molar-refractivity contribution in [2.75, 3.05) is 23.9 Å². The van der Waals surface area contributed by atoms with E-state index in [1.807, 2.05) is 4.31 Å². The molecular formula is C11H13FN2O2S. The van der Waals surface area contributed by atoms with E-state index in [4.69, 9.17) is 5.11 Å². The van der Waals surface area contributed by atoms with Crippen molar-refractivity contribution in [3.05, 3.63) is 30.1 Å². The average Bonchev–Trinajstić information content (AvgIpc) is 2.29. The van der Waals surface area contributed by atoms with E-state index in [2.05, 4.69) is 0 Å². The molecule has 0 aromatic heterocycles. The van der Waals surface area contributed by atoms with Crippen LogP contribution in [0.2, 0.25) is 0 Å². The SMILES string of the molecule is O=C(O)CN1CCCN(c2ccc(F)cc2)S1. The first kappa shape index (κ1) is 12.2. The highest BCUT2D eigenvalue weighted by Crippen LogP contribution is 2.28. The number of carbonyl (C=O) groups is 1. The van der Waals surface area contributed by atoms with Crippen molar-refractivity contribution in [2.24, 2.45) is 0 Å². The summed E-state index contributed by atoms with van der Waals surface area (Å²) in [6.45, 7) is 1.61. The number of carboxylic acids is 1. The van der Waals surface area contributed by atoms with E-state index >= 15 is 0 Å². The number of hydrogen-bond donors (Lipinski definition) is 1.